The van der Waals surface area contributed by atoms with Crippen molar-refractivity contribution in [2.45, 2.75) is 149 Å². The van der Waals surface area contributed by atoms with Crippen molar-refractivity contribution in [1.29, 1.82) is 0 Å². The van der Waals surface area contributed by atoms with Crippen molar-refractivity contribution < 1.29 is 183 Å². The summed E-state index contributed by atoms with van der Waals surface area (Å²) in [4.78, 5) is 103. The molecule has 133 heavy (non-hydrogen) atoms. The number of hydrogen-bond donors (Lipinski definition) is 14. The number of phenols is 1. The van der Waals surface area contributed by atoms with Gasteiger partial charge in [0.25, 0.3) is 5.79 Å². The summed E-state index contributed by atoms with van der Waals surface area (Å²) in [5.74, 6) is -5.48. The zero-order valence-electron chi connectivity index (χ0n) is 74.7. The maximum absolute atomic E-state index is 14.2. The number of rotatable bonds is 68. The average molecular weight is 1900 g/mol. The Morgan fingerprint density at radius 2 is 0.887 bits per heavy atom. The molecule has 0 spiro atoms. The standard InChI is InChI=1S/C84H126FN11O37/c1-54(97)89-69-72(105)75(108)82(51-127-78(69)129-82)49-123-40-37-117-34-31-114-28-25-111-22-15-86-65(101)12-19-120-46-81(93-68(104)5-4-18-126-59-8-10-61-57(43-59)6-9-62(92-61)63-45-96(95-94-63)58-7-11-64(100)60(85)44-58,47-121-20-13-66(102)87-16-23-112-26-29-115-32-35-118-38-41-124-50-83-52-128-79(130-83)70(90-55(2)98)73(106)76(83)109)48-122-21-14-67(103)88-17-24-113-27-30-116-33-36-119-39-42-125-53-84-77(110)74(107)71(91-56(3)99)80(131-84)132-133-84/h6-11,43-45,69-80,100,105-110H,4-5,12-42,46-53H2,1-3H3,(H,86,101)(H,87,102)(H,88,103)(H,89,97)(H,90,98)(H,91,99)(H,93,104)/t69-,70-,71-,72-,73-,74-,75-,76-,77-,78+,79?,80-,81?,82+,83+,84+/m1/s1. The van der Waals surface area contributed by atoms with Crippen molar-refractivity contribution >= 4 is 52.3 Å². The first-order valence-electron chi connectivity index (χ1n) is 44.0. The third-order valence-electron chi connectivity index (χ3n) is 21.3. The Hall–Kier alpha value is -8.31. The van der Waals surface area contributed by atoms with Crippen molar-refractivity contribution in [3.8, 4) is 28.6 Å². The number of fused-ring (bicyclic) bond motifs is 7. The number of pyridine rings is 1. The van der Waals surface area contributed by atoms with Crippen LogP contribution in [-0.4, -0.2) is 431 Å². The first kappa shape index (κ1) is 107. The summed E-state index contributed by atoms with van der Waals surface area (Å²) in [5, 5.41) is 102. The van der Waals surface area contributed by atoms with Crippen molar-refractivity contribution in [2.75, 3.05) is 238 Å². The fraction of sp³-hybridized carbons (Fsp3) is 0.714. The molecule has 2 aromatic carbocycles. The summed E-state index contributed by atoms with van der Waals surface area (Å²) in [6, 6.07) is 9.75. The third kappa shape index (κ3) is 33.8. The molecule has 0 radical (unpaired) electrons. The summed E-state index contributed by atoms with van der Waals surface area (Å²) in [6.45, 7) is 6.74. The van der Waals surface area contributed by atoms with Gasteiger partial charge in [0.1, 0.15) is 89.5 Å². The molecule has 0 saturated carbocycles. The number of carbonyl (C=O) groups excluding carboxylic acids is 7. The Morgan fingerprint density at radius 1 is 0.459 bits per heavy atom. The Kier molecular flexibility index (Phi) is 44.8. The molecule has 49 heteroatoms. The molecule has 0 aliphatic carbocycles. The number of hydrogen-bond acceptors (Lipinski definition) is 40. The molecule has 4 aromatic rings. The van der Waals surface area contributed by atoms with Gasteiger partial charge in [0.2, 0.25) is 47.6 Å². The van der Waals surface area contributed by atoms with E-state index in [1.807, 2.05) is 6.07 Å². The highest BCUT2D eigenvalue weighted by molar-refractivity contribution is 5.83. The van der Waals surface area contributed by atoms with E-state index in [9.17, 15) is 73.7 Å². The van der Waals surface area contributed by atoms with E-state index in [1.165, 1.54) is 37.6 Å². The molecule has 6 fully saturated rings. The van der Waals surface area contributed by atoms with E-state index in [2.05, 4.69) is 47.5 Å². The molecule has 6 aliphatic rings. The second-order valence-corrected chi connectivity index (χ2v) is 31.8. The zero-order chi connectivity index (χ0) is 94.9. The zero-order valence-corrected chi connectivity index (χ0v) is 74.7. The van der Waals surface area contributed by atoms with E-state index < -0.39 is 131 Å². The number of aromatic hydroxyl groups is 1. The number of ether oxygens (including phenoxy) is 21. The van der Waals surface area contributed by atoms with Crippen molar-refractivity contribution in [3.63, 3.8) is 0 Å². The van der Waals surface area contributed by atoms with Crippen molar-refractivity contribution in [1.82, 2.24) is 57.2 Å². The lowest BCUT2D eigenvalue weighted by molar-refractivity contribution is -0.358. The van der Waals surface area contributed by atoms with Crippen LogP contribution in [0.15, 0.2) is 54.7 Å². The fourth-order valence-electron chi connectivity index (χ4n) is 14.4. The highest BCUT2D eigenvalue weighted by Crippen LogP contribution is 2.41. The van der Waals surface area contributed by atoms with Gasteiger partial charge >= 0.3 is 0 Å². The quantitative estimate of drug-likeness (QED) is 0.0145. The van der Waals surface area contributed by atoms with Gasteiger partial charge in [-0.25, -0.2) is 14.1 Å². The summed E-state index contributed by atoms with van der Waals surface area (Å²) < 4.78 is 136. The first-order chi connectivity index (χ1) is 64.3. The molecule has 746 valence electrons. The number of halogens is 1. The highest BCUT2D eigenvalue weighted by Gasteiger charge is 2.63. The summed E-state index contributed by atoms with van der Waals surface area (Å²) in [5.41, 5.74) is -2.21. The molecule has 48 nitrogen and oxygen atoms in total. The van der Waals surface area contributed by atoms with Gasteiger partial charge in [0.05, 0.1) is 235 Å². The van der Waals surface area contributed by atoms with Crippen LogP contribution in [0.5, 0.6) is 11.5 Å². The van der Waals surface area contributed by atoms with Gasteiger partial charge in [-0.1, -0.05) is 11.3 Å². The number of benzene rings is 2. The van der Waals surface area contributed by atoms with Gasteiger partial charge in [-0.2, -0.15) is 9.78 Å². The smallest absolute Gasteiger partial charge is 0.256 e. The molecular formula is C84H126FN11O37. The van der Waals surface area contributed by atoms with Crippen LogP contribution < -0.4 is 42.0 Å². The number of nitrogens with zero attached hydrogens (tertiary/aromatic N) is 4. The predicted octanol–water partition coefficient (Wildman–Crippen LogP) is -4.95. The van der Waals surface area contributed by atoms with Crippen LogP contribution in [0.25, 0.3) is 28.0 Å². The van der Waals surface area contributed by atoms with E-state index >= 15 is 0 Å². The summed E-state index contributed by atoms with van der Waals surface area (Å²) >= 11 is 0. The number of aliphatic hydroxyl groups excluding tert-OH is 6. The van der Waals surface area contributed by atoms with Gasteiger partial charge in [-0.3, -0.25) is 33.6 Å². The number of aromatic nitrogens is 4. The van der Waals surface area contributed by atoms with Crippen LogP contribution in [0.4, 0.5) is 4.39 Å². The Bertz CT molecular complexity index is 3960. The first-order valence-corrected chi connectivity index (χ1v) is 44.0. The molecule has 2 aromatic heterocycles. The van der Waals surface area contributed by atoms with Gasteiger partial charge < -0.3 is 172 Å². The second kappa shape index (κ2) is 55.8. The topological polar surface area (TPSA) is 601 Å². The molecule has 16 atom stereocenters. The van der Waals surface area contributed by atoms with Gasteiger partial charge in [0.15, 0.2) is 24.1 Å². The minimum atomic E-state index is -1.80. The van der Waals surface area contributed by atoms with E-state index in [0.717, 1.165) is 11.5 Å². The van der Waals surface area contributed by atoms with Crippen LogP contribution >= 0.6 is 0 Å². The van der Waals surface area contributed by atoms with Crippen molar-refractivity contribution in [3.05, 3.63) is 60.5 Å². The summed E-state index contributed by atoms with van der Waals surface area (Å²) in [7, 11) is 0. The monoisotopic (exact) mass is 1900 g/mol. The van der Waals surface area contributed by atoms with Gasteiger partial charge in [-0.15, -0.1) is 5.10 Å². The number of carbonyl (C=O) groups is 7. The third-order valence-corrected chi connectivity index (χ3v) is 21.3. The van der Waals surface area contributed by atoms with Crippen LogP contribution in [0.2, 0.25) is 0 Å². The van der Waals surface area contributed by atoms with E-state index in [4.69, 9.17) is 114 Å². The summed E-state index contributed by atoms with van der Waals surface area (Å²) in [6.07, 6.45) is -10.1. The van der Waals surface area contributed by atoms with Crippen LogP contribution in [0.1, 0.15) is 52.9 Å². The maximum Gasteiger partial charge on any atom is 0.256 e. The van der Waals surface area contributed by atoms with Gasteiger partial charge in [-0.05, 0) is 42.8 Å². The normalized spacial score (nSPS) is 25.0. The minimum absolute atomic E-state index is 0.0395. The largest absolute Gasteiger partial charge is 0.505 e. The number of phenolic OH excluding ortho intramolecular Hbond substituents is 1. The molecule has 6 aliphatic heterocycles. The number of amides is 7. The highest BCUT2D eigenvalue weighted by atomic mass is 19.1. The number of aliphatic hydroxyl groups is 6. The minimum Gasteiger partial charge on any atom is -0.505 e. The second-order valence-electron chi connectivity index (χ2n) is 31.8. The molecule has 6 bridgehead atoms. The molecule has 7 amide bonds. The molecule has 2 unspecified atom stereocenters. The Labute approximate surface area is 765 Å². The SMILES string of the molecule is CC(=O)N[C@H]1[C@H]2OC[C@](COCCOCCOCCOCCNC(=O)CCOCC(COCCC(=O)NCCOCCOCCOCCOC[C@@]34COC(O3)[C@H](NC(C)=O)[C@@H](O)[C@H]4O)(COCCC(=O)NCCOCCOCCOCCOC[C@@]34OO[C@@H](O3)[C@H](NC(C)=O)[C@@H](O)[C@H]4O)NC(=O)CCCOc3ccc4nc(-c5cn(-c6ccc(O)c(F)c6)nn5)ccc4c3)(O2)[C@H](O)[C@@H]1O. The van der Waals surface area contributed by atoms with Crippen molar-refractivity contribution in [2.24, 2.45) is 0 Å². The van der Waals surface area contributed by atoms with Crippen LogP contribution in [-0.2, 0) is 138 Å². The lowest BCUT2D eigenvalue weighted by Crippen LogP contribution is -2.66. The average Bonchev–Trinajstić information content (AvgIpc) is 1.63. The Morgan fingerprint density at radius 3 is 1.34 bits per heavy atom. The lowest BCUT2D eigenvalue weighted by atomic mass is 9.88. The predicted molar refractivity (Wildman–Crippen MR) is 450 cm³/mol. The molecular weight excluding hydrogens is 1770 g/mol. The van der Waals surface area contributed by atoms with E-state index in [0.29, 0.717) is 28.3 Å². The lowest BCUT2D eigenvalue weighted by Gasteiger charge is -2.42. The molecule has 8 heterocycles. The van der Waals surface area contributed by atoms with Crippen LogP contribution in [0, 0.1) is 5.82 Å². The molecule has 6 saturated heterocycles. The Balaban J connectivity index is 0.645. The molecule has 10 rings (SSSR count). The van der Waals surface area contributed by atoms with Gasteiger partial charge in [0, 0.05) is 77.5 Å². The number of nitrogens with one attached hydrogen (secondary N) is 7. The molecule has 14 N–H and O–H groups in total. The van der Waals surface area contributed by atoms with E-state index in [-0.39, 0.29) is 287 Å². The van der Waals surface area contributed by atoms with Crippen LogP contribution in [0.3, 0.4) is 0 Å². The maximum atomic E-state index is 14.2. The fourth-order valence-corrected chi connectivity index (χ4v) is 14.4. The van der Waals surface area contributed by atoms with E-state index in [1.54, 1.807) is 30.5 Å².